The van der Waals surface area contributed by atoms with Gasteiger partial charge in [0.1, 0.15) is 0 Å². The number of imide groups is 1. The quantitative estimate of drug-likeness (QED) is 0.782. The van der Waals surface area contributed by atoms with Gasteiger partial charge in [0.2, 0.25) is 11.8 Å². The maximum absolute atomic E-state index is 12.8. The highest BCUT2D eigenvalue weighted by Gasteiger charge is 2.49. The number of nitriles is 2. The van der Waals surface area contributed by atoms with Crippen molar-refractivity contribution in [3.63, 3.8) is 0 Å². The Hall–Kier alpha value is -2.66. The van der Waals surface area contributed by atoms with E-state index in [0.29, 0.717) is 6.42 Å². The number of nitrogens with zero attached hydrogens (tertiary/aromatic N) is 3. The number of carbonyl (C=O) groups excluding carboxylic acids is 2. The molecule has 5 nitrogen and oxygen atoms in total. The summed E-state index contributed by atoms with van der Waals surface area (Å²) >= 11 is 0. The van der Waals surface area contributed by atoms with Crippen LogP contribution in [0.2, 0.25) is 0 Å². The Morgan fingerprint density at radius 1 is 1.26 bits per heavy atom. The van der Waals surface area contributed by atoms with Gasteiger partial charge in [0.05, 0.1) is 23.5 Å². The van der Waals surface area contributed by atoms with E-state index in [1.807, 2.05) is 37.3 Å². The van der Waals surface area contributed by atoms with Crippen LogP contribution in [0.3, 0.4) is 0 Å². The van der Waals surface area contributed by atoms with E-state index in [2.05, 4.69) is 6.07 Å². The molecule has 1 aromatic carbocycles. The Bertz CT molecular complexity index is 696. The Morgan fingerprint density at radius 2 is 1.91 bits per heavy atom. The van der Waals surface area contributed by atoms with Crippen LogP contribution in [0.25, 0.3) is 0 Å². The predicted octanol–water partition coefficient (Wildman–Crippen LogP) is 2.46. The molecule has 118 valence electrons. The molecule has 0 N–H and O–H groups in total. The largest absolute Gasteiger partial charge is 0.280 e. The van der Waals surface area contributed by atoms with Gasteiger partial charge >= 0.3 is 0 Å². The molecular formula is C18H19N3O2. The standard InChI is InChI=1S/C18H19N3O2/c1-13-5-7-15(8-6-13)18(2)10-16(22)21(17(18)23)12-14(11-20)4-3-9-19/h5-8,14H,3-4,10,12H2,1-2H3. The third-order valence-electron chi connectivity index (χ3n) is 4.40. The molecule has 23 heavy (non-hydrogen) atoms. The van der Waals surface area contributed by atoms with Crippen LogP contribution in [-0.4, -0.2) is 23.3 Å². The van der Waals surface area contributed by atoms with Crippen molar-refractivity contribution in [1.82, 2.24) is 4.90 Å². The second kappa shape index (κ2) is 6.62. The van der Waals surface area contributed by atoms with E-state index in [4.69, 9.17) is 10.5 Å². The molecule has 0 bridgehead atoms. The zero-order chi connectivity index (χ0) is 17.0. The second-order valence-corrected chi connectivity index (χ2v) is 6.21. The van der Waals surface area contributed by atoms with Crippen LogP contribution in [0.1, 0.15) is 37.3 Å². The highest BCUT2D eigenvalue weighted by molar-refractivity contribution is 6.08. The van der Waals surface area contributed by atoms with Gasteiger partial charge in [-0.15, -0.1) is 0 Å². The fourth-order valence-corrected chi connectivity index (χ4v) is 2.87. The number of hydrogen-bond acceptors (Lipinski definition) is 4. The SMILES string of the molecule is Cc1ccc(C2(C)CC(=O)N(CC(C#N)CCC#N)C2=O)cc1. The van der Waals surface area contributed by atoms with E-state index >= 15 is 0 Å². The molecule has 2 unspecified atom stereocenters. The molecular weight excluding hydrogens is 290 g/mol. The van der Waals surface area contributed by atoms with E-state index in [1.165, 1.54) is 4.90 Å². The average Bonchev–Trinajstić information content (AvgIpc) is 2.75. The van der Waals surface area contributed by atoms with Crippen LogP contribution >= 0.6 is 0 Å². The zero-order valence-electron chi connectivity index (χ0n) is 13.4. The molecule has 0 radical (unpaired) electrons. The van der Waals surface area contributed by atoms with Gasteiger partial charge in [0, 0.05) is 19.4 Å². The highest BCUT2D eigenvalue weighted by Crippen LogP contribution is 2.36. The number of hydrogen-bond donors (Lipinski definition) is 0. The average molecular weight is 309 g/mol. The fraction of sp³-hybridized carbons (Fsp3) is 0.444. The first-order valence-electron chi connectivity index (χ1n) is 7.61. The molecule has 5 heteroatoms. The van der Waals surface area contributed by atoms with Crippen molar-refractivity contribution in [3.8, 4) is 12.1 Å². The molecule has 2 amide bonds. The summed E-state index contributed by atoms with van der Waals surface area (Å²) in [4.78, 5) is 26.3. The van der Waals surface area contributed by atoms with E-state index in [9.17, 15) is 9.59 Å². The molecule has 2 atom stereocenters. The van der Waals surface area contributed by atoms with Crippen LogP contribution in [0.15, 0.2) is 24.3 Å². The second-order valence-electron chi connectivity index (χ2n) is 6.21. The van der Waals surface area contributed by atoms with E-state index < -0.39 is 11.3 Å². The van der Waals surface area contributed by atoms with Gasteiger partial charge in [-0.3, -0.25) is 14.5 Å². The number of carbonyl (C=O) groups is 2. The third-order valence-corrected chi connectivity index (χ3v) is 4.40. The van der Waals surface area contributed by atoms with Gasteiger partial charge in [0.25, 0.3) is 0 Å². The van der Waals surface area contributed by atoms with Crippen molar-refractivity contribution in [3.05, 3.63) is 35.4 Å². The minimum atomic E-state index is -0.875. The zero-order valence-corrected chi connectivity index (χ0v) is 13.4. The lowest BCUT2D eigenvalue weighted by molar-refractivity contribution is -0.140. The van der Waals surface area contributed by atoms with Crippen molar-refractivity contribution in [2.24, 2.45) is 5.92 Å². The summed E-state index contributed by atoms with van der Waals surface area (Å²) in [6.45, 7) is 3.80. The van der Waals surface area contributed by atoms with Crippen LogP contribution in [0, 0.1) is 35.5 Å². The Labute approximate surface area is 136 Å². The van der Waals surface area contributed by atoms with Crippen molar-refractivity contribution < 1.29 is 9.59 Å². The van der Waals surface area contributed by atoms with Crippen LogP contribution in [0.4, 0.5) is 0 Å². The van der Waals surface area contributed by atoms with Crippen molar-refractivity contribution >= 4 is 11.8 Å². The molecule has 0 aromatic heterocycles. The number of amides is 2. The highest BCUT2D eigenvalue weighted by atomic mass is 16.2. The monoisotopic (exact) mass is 309 g/mol. The van der Waals surface area contributed by atoms with Crippen LogP contribution in [0.5, 0.6) is 0 Å². The normalized spacial score (nSPS) is 21.8. The molecule has 1 heterocycles. The number of benzene rings is 1. The summed E-state index contributed by atoms with van der Waals surface area (Å²) in [5, 5.41) is 17.8. The first kappa shape index (κ1) is 16.7. The summed E-state index contributed by atoms with van der Waals surface area (Å²) in [5.74, 6) is -1.01. The summed E-state index contributed by atoms with van der Waals surface area (Å²) in [5.41, 5.74) is 1.03. The lowest BCUT2D eigenvalue weighted by Crippen LogP contribution is -2.39. The maximum Gasteiger partial charge on any atom is 0.240 e. The Balaban J connectivity index is 2.21. The van der Waals surface area contributed by atoms with E-state index in [0.717, 1.165) is 11.1 Å². The van der Waals surface area contributed by atoms with Crippen LogP contribution in [-0.2, 0) is 15.0 Å². The fourth-order valence-electron chi connectivity index (χ4n) is 2.87. The van der Waals surface area contributed by atoms with Crippen molar-refractivity contribution in [2.75, 3.05) is 6.54 Å². The first-order chi connectivity index (χ1) is 10.9. The van der Waals surface area contributed by atoms with Gasteiger partial charge < -0.3 is 0 Å². The number of likely N-dealkylation sites (tertiary alicyclic amines) is 1. The molecule has 0 spiro atoms. The molecule has 1 aliphatic heterocycles. The molecule has 1 saturated heterocycles. The summed E-state index contributed by atoms with van der Waals surface area (Å²) in [6, 6.07) is 11.7. The van der Waals surface area contributed by atoms with E-state index in [1.54, 1.807) is 6.92 Å². The Kier molecular flexibility index (Phi) is 4.81. The minimum Gasteiger partial charge on any atom is -0.280 e. The maximum atomic E-state index is 12.8. The van der Waals surface area contributed by atoms with Crippen LogP contribution < -0.4 is 0 Å². The number of rotatable bonds is 5. The third kappa shape index (κ3) is 3.24. The van der Waals surface area contributed by atoms with Gasteiger partial charge in [-0.25, -0.2) is 0 Å². The molecule has 1 fully saturated rings. The van der Waals surface area contributed by atoms with Crippen molar-refractivity contribution in [2.45, 2.75) is 38.5 Å². The van der Waals surface area contributed by atoms with Gasteiger partial charge in [-0.05, 0) is 25.8 Å². The lowest BCUT2D eigenvalue weighted by Gasteiger charge is -2.23. The molecule has 1 aromatic rings. The summed E-state index contributed by atoms with van der Waals surface area (Å²) in [6.07, 6.45) is 0.722. The first-order valence-corrected chi connectivity index (χ1v) is 7.61. The van der Waals surface area contributed by atoms with E-state index in [-0.39, 0.29) is 31.2 Å². The van der Waals surface area contributed by atoms with Crippen molar-refractivity contribution in [1.29, 1.82) is 10.5 Å². The Morgan fingerprint density at radius 3 is 2.48 bits per heavy atom. The topological polar surface area (TPSA) is 85.0 Å². The van der Waals surface area contributed by atoms with Gasteiger partial charge in [0.15, 0.2) is 0 Å². The predicted molar refractivity (Wildman–Crippen MR) is 83.8 cm³/mol. The summed E-state index contributed by atoms with van der Waals surface area (Å²) < 4.78 is 0. The van der Waals surface area contributed by atoms with Gasteiger partial charge in [-0.1, -0.05) is 29.8 Å². The molecule has 0 saturated carbocycles. The summed E-state index contributed by atoms with van der Waals surface area (Å²) in [7, 11) is 0. The smallest absolute Gasteiger partial charge is 0.240 e. The van der Waals surface area contributed by atoms with Gasteiger partial charge in [-0.2, -0.15) is 10.5 Å². The molecule has 0 aliphatic carbocycles. The minimum absolute atomic E-state index is 0.0668. The molecule has 2 rings (SSSR count). The lowest BCUT2D eigenvalue weighted by atomic mass is 9.80. The number of aryl methyl sites for hydroxylation is 1. The molecule has 1 aliphatic rings.